The van der Waals surface area contributed by atoms with E-state index in [0.29, 0.717) is 6.61 Å². The molecule has 0 aliphatic rings. The molecule has 0 radical (unpaired) electrons. The number of esters is 1. The zero-order valence-corrected chi connectivity index (χ0v) is 17.4. The van der Waals surface area contributed by atoms with E-state index < -0.39 is 31.1 Å². The summed E-state index contributed by atoms with van der Waals surface area (Å²) in [4.78, 5) is 10.7. The first-order valence-electron chi connectivity index (χ1n) is 7.78. The predicted molar refractivity (Wildman–Crippen MR) is 91.2 cm³/mol. The van der Waals surface area contributed by atoms with Gasteiger partial charge in [-0.1, -0.05) is 6.58 Å². The third kappa shape index (κ3) is 10.8. The number of quaternary nitrogens is 1. The van der Waals surface area contributed by atoms with Gasteiger partial charge in [0.2, 0.25) is 0 Å². The van der Waals surface area contributed by atoms with Gasteiger partial charge in [-0.15, -0.1) is 0 Å². The van der Waals surface area contributed by atoms with Crippen LogP contribution in [-0.4, -0.2) is 71.6 Å². The van der Waals surface area contributed by atoms with Crippen molar-refractivity contribution in [1.82, 2.24) is 0 Å². The molecular weight excluding hydrogens is 458 g/mol. The summed E-state index contributed by atoms with van der Waals surface area (Å²) in [5.41, 5.74) is -12.4. The fourth-order valence-electron chi connectivity index (χ4n) is 1.43. The van der Waals surface area contributed by atoms with Gasteiger partial charge >= 0.3 is 17.0 Å². The van der Waals surface area contributed by atoms with Crippen molar-refractivity contribution in [3.05, 3.63) is 16.8 Å². The van der Waals surface area contributed by atoms with E-state index >= 15 is 0 Å². The van der Waals surface area contributed by atoms with Crippen molar-refractivity contribution in [2.75, 3.05) is 33.3 Å². The van der Waals surface area contributed by atoms with Gasteiger partial charge in [0.1, 0.15) is 0 Å². The third-order valence-corrected chi connectivity index (χ3v) is 6.30. The van der Waals surface area contributed by atoms with Crippen LogP contribution in [0.1, 0.15) is 20.3 Å². The number of carbonyl (C=O) groups is 1. The Bertz CT molecular complexity index is 701. The highest BCUT2D eigenvalue weighted by Gasteiger charge is 2.46. The van der Waals surface area contributed by atoms with E-state index in [1.54, 1.807) is 0 Å². The van der Waals surface area contributed by atoms with E-state index in [2.05, 4.69) is 27.5 Å². The SMILES string of the molecule is C=CC(=O)OCCC[N+](C)(CC)CC.O=S(=O)([N-]S(=O)(=O)C(F)(F)F)C(F)(F)F. The molecule has 29 heavy (non-hydrogen) atoms. The summed E-state index contributed by atoms with van der Waals surface area (Å²) in [7, 11) is -11.2. The third-order valence-electron chi connectivity index (χ3n) is 3.56. The normalized spacial score (nSPS) is 13.3. The summed E-state index contributed by atoms with van der Waals surface area (Å²) in [5.74, 6) is -0.327. The van der Waals surface area contributed by atoms with Crippen LogP contribution in [0.15, 0.2) is 12.7 Å². The molecule has 0 unspecified atom stereocenters. The highest BCUT2D eigenvalue weighted by Crippen LogP contribution is 2.36. The molecule has 0 atom stereocenters. The molecule has 174 valence electrons. The number of carbonyl (C=O) groups excluding carboxylic acids is 1. The summed E-state index contributed by atoms with van der Waals surface area (Å²) < 4.78 is 115. The quantitative estimate of drug-likeness (QED) is 0.165. The molecule has 0 amide bonds. The maximum atomic E-state index is 11.4. The van der Waals surface area contributed by atoms with Crippen molar-refractivity contribution in [2.24, 2.45) is 0 Å². The van der Waals surface area contributed by atoms with Crippen molar-refractivity contribution in [3.8, 4) is 0 Å². The monoisotopic (exact) mass is 480 g/mol. The van der Waals surface area contributed by atoms with Gasteiger partial charge in [-0.25, -0.2) is 21.6 Å². The summed E-state index contributed by atoms with van der Waals surface area (Å²) in [5, 5.41) is 0. The minimum absolute atomic E-state index is 0.327. The molecule has 0 bridgehead atoms. The summed E-state index contributed by atoms with van der Waals surface area (Å²) in [6, 6.07) is 0. The Labute approximate surface area is 165 Å². The molecule has 0 aromatic heterocycles. The van der Waals surface area contributed by atoms with Crippen molar-refractivity contribution in [2.45, 2.75) is 31.3 Å². The molecule has 8 nitrogen and oxygen atoms in total. The van der Waals surface area contributed by atoms with Crippen LogP contribution in [0.25, 0.3) is 4.13 Å². The molecule has 0 aliphatic heterocycles. The van der Waals surface area contributed by atoms with Crippen molar-refractivity contribution in [3.63, 3.8) is 0 Å². The Morgan fingerprint density at radius 1 is 1.00 bits per heavy atom. The van der Waals surface area contributed by atoms with Crippen LogP contribution < -0.4 is 0 Å². The predicted octanol–water partition coefficient (Wildman–Crippen LogP) is 2.65. The topological polar surface area (TPSA) is 109 Å². The highest BCUT2D eigenvalue weighted by molar-refractivity contribution is 8.13. The lowest BCUT2D eigenvalue weighted by Gasteiger charge is -2.31. The Hall–Kier alpha value is -1.39. The first-order chi connectivity index (χ1) is 12.8. The first-order valence-corrected chi connectivity index (χ1v) is 10.7. The second kappa shape index (κ2) is 11.1. The van der Waals surface area contributed by atoms with Gasteiger partial charge in [0.15, 0.2) is 20.0 Å². The number of alkyl halides is 6. The highest BCUT2D eigenvalue weighted by atomic mass is 32.3. The summed E-state index contributed by atoms with van der Waals surface area (Å²) in [6.07, 6.45) is 2.12. The van der Waals surface area contributed by atoms with E-state index in [1.165, 1.54) is 6.08 Å². The summed E-state index contributed by atoms with van der Waals surface area (Å²) in [6.45, 7) is 11.5. The van der Waals surface area contributed by atoms with Gasteiger partial charge in [-0.3, -0.25) is 0 Å². The van der Waals surface area contributed by atoms with Gasteiger partial charge < -0.3 is 13.3 Å². The van der Waals surface area contributed by atoms with Crippen LogP contribution in [0.3, 0.4) is 0 Å². The molecule has 16 heteroatoms. The number of halogens is 6. The lowest BCUT2D eigenvalue weighted by atomic mass is 10.3. The molecule has 0 fully saturated rings. The average molecular weight is 480 g/mol. The van der Waals surface area contributed by atoms with Crippen molar-refractivity contribution < 1.29 is 57.2 Å². The smallest absolute Gasteiger partial charge is 0.462 e. The Kier molecular flexibility index (Phi) is 11.4. The van der Waals surface area contributed by atoms with Crippen LogP contribution in [0.5, 0.6) is 0 Å². The van der Waals surface area contributed by atoms with Gasteiger partial charge in [0.25, 0.3) is 0 Å². The largest absolute Gasteiger partial charge is 0.480 e. The number of ether oxygens (including phenoxy) is 1. The van der Waals surface area contributed by atoms with Gasteiger partial charge in [-0.05, 0) is 13.8 Å². The maximum Gasteiger partial charge on any atom is 0.480 e. The van der Waals surface area contributed by atoms with E-state index in [0.717, 1.165) is 34.7 Å². The maximum absolute atomic E-state index is 11.4. The van der Waals surface area contributed by atoms with Crippen molar-refractivity contribution in [1.29, 1.82) is 0 Å². The number of rotatable bonds is 9. The number of hydrogen-bond donors (Lipinski definition) is 0. The first kappa shape index (κ1) is 29.8. The molecule has 0 aromatic carbocycles. The molecule has 0 aliphatic carbocycles. The molecule has 0 spiro atoms. The lowest BCUT2D eigenvalue weighted by molar-refractivity contribution is -0.906. The Morgan fingerprint density at radius 3 is 1.66 bits per heavy atom. The lowest BCUT2D eigenvalue weighted by Crippen LogP contribution is -2.44. The molecule has 0 saturated carbocycles. The zero-order valence-electron chi connectivity index (χ0n) is 15.7. The molecule has 0 N–H and O–H groups in total. The Morgan fingerprint density at radius 2 is 1.38 bits per heavy atom. The van der Waals surface area contributed by atoms with Crippen LogP contribution in [0.4, 0.5) is 26.3 Å². The number of sulfonamides is 2. The van der Waals surface area contributed by atoms with Crippen LogP contribution in [0, 0.1) is 0 Å². The standard InChI is InChI=1S/C11H22NO2.C2F6NO4S2/c1-5-11(13)14-10-8-9-12(4,6-2)7-3;3-1(4,5)14(10,11)9-15(12,13)2(6,7)8/h5H,1,6-10H2,2-4H3;/q+1;-1. The van der Waals surface area contributed by atoms with Crippen molar-refractivity contribution >= 4 is 26.0 Å². The molecule has 0 rings (SSSR count). The zero-order chi connectivity index (χ0) is 23.7. The summed E-state index contributed by atoms with van der Waals surface area (Å²) >= 11 is 0. The fourth-order valence-corrected chi connectivity index (χ4v) is 3.14. The van der Waals surface area contributed by atoms with E-state index in [9.17, 15) is 48.0 Å². The van der Waals surface area contributed by atoms with E-state index in [4.69, 9.17) is 4.74 Å². The van der Waals surface area contributed by atoms with Gasteiger partial charge in [-0.2, -0.15) is 26.3 Å². The van der Waals surface area contributed by atoms with Gasteiger partial charge in [0, 0.05) is 12.5 Å². The second-order valence-corrected chi connectivity index (χ2v) is 9.04. The van der Waals surface area contributed by atoms with Gasteiger partial charge in [0.05, 0.1) is 33.3 Å². The molecule has 0 heterocycles. The molecule has 0 aromatic rings. The van der Waals surface area contributed by atoms with Crippen LogP contribution in [-0.2, 0) is 29.6 Å². The fraction of sp³-hybridized carbons (Fsp3) is 0.769. The van der Waals surface area contributed by atoms with Crippen LogP contribution in [0.2, 0.25) is 0 Å². The minimum Gasteiger partial charge on any atom is -0.462 e. The number of nitrogens with zero attached hydrogens (tertiary/aromatic N) is 2. The average Bonchev–Trinajstić information content (AvgIpc) is 2.56. The molecule has 0 saturated heterocycles. The Balaban J connectivity index is 0. The molecular formula is C13H22F6N2O6S2. The van der Waals surface area contributed by atoms with E-state index in [-0.39, 0.29) is 5.97 Å². The number of hydrogen-bond acceptors (Lipinski definition) is 6. The van der Waals surface area contributed by atoms with Crippen LogP contribution >= 0.6 is 0 Å². The van der Waals surface area contributed by atoms with E-state index in [1.807, 2.05) is 0 Å². The minimum atomic E-state index is -6.72. The second-order valence-electron chi connectivity index (χ2n) is 5.62.